The van der Waals surface area contributed by atoms with Gasteiger partial charge in [0.25, 0.3) is 0 Å². The molecule has 2 aromatic heterocycles. The quantitative estimate of drug-likeness (QED) is 0.427. The maximum absolute atomic E-state index is 11.9. The van der Waals surface area contributed by atoms with Crippen LogP contribution in [0.1, 0.15) is 21.9 Å². The summed E-state index contributed by atoms with van der Waals surface area (Å²) in [6.45, 7) is 1.97. The van der Waals surface area contributed by atoms with Gasteiger partial charge < -0.3 is 8.83 Å². The Morgan fingerprint density at radius 2 is 2.10 bits per heavy atom. The number of aryl methyl sites for hydroxylation is 1. The number of rotatable bonds is 3. The Hall–Kier alpha value is -2.80. The van der Waals surface area contributed by atoms with Crippen LogP contribution < -0.4 is 17.0 Å². The van der Waals surface area contributed by atoms with Gasteiger partial charge in [-0.15, -0.1) is 0 Å². The van der Waals surface area contributed by atoms with Crippen molar-refractivity contribution < 1.29 is 13.6 Å². The summed E-state index contributed by atoms with van der Waals surface area (Å²) in [5, 5.41) is 0. The Bertz CT molecular complexity index is 872. The molecule has 3 rings (SSSR count). The molecule has 0 atom stereocenters. The molecular formula is C14H13N3O4. The van der Waals surface area contributed by atoms with Crippen molar-refractivity contribution in [1.29, 1.82) is 0 Å². The van der Waals surface area contributed by atoms with E-state index >= 15 is 0 Å². The van der Waals surface area contributed by atoms with E-state index in [4.69, 9.17) is 14.7 Å². The Morgan fingerprint density at radius 3 is 2.86 bits per heavy atom. The second-order valence-corrected chi connectivity index (χ2v) is 4.59. The first kappa shape index (κ1) is 13.2. The van der Waals surface area contributed by atoms with Crippen LogP contribution in [0.4, 0.5) is 0 Å². The minimum Gasteiger partial charge on any atom is -0.456 e. The molecular weight excluding hydrogens is 274 g/mol. The van der Waals surface area contributed by atoms with Gasteiger partial charge in [-0.25, -0.2) is 10.6 Å². The van der Waals surface area contributed by atoms with Gasteiger partial charge in [-0.3, -0.25) is 14.8 Å². The van der Waals surface area contributed by atoms with Gasteiger partial charge in [0.05, 0.1) is 12.1 Å². The summed E-state index contributed by atoms with van der Waals surface area (Å²) < 4.78 is 12.0. The lowest BCUT2D eigenvalue weighted by Gasteiger charge is -2.00. The predicted octanol–water partition coefficient (Wildman–Crippen LogP) is 1.15. The van der Waals surface area contributed by atoms with Crippen molar-refractivity contribution in [3.8, 4) is 0 Å². The fourth-order valence-electron chi connectivity index (χ4n) is 2.19. The number of hydrogen-bond acceptors (Lipinski definition) is 5. The number of nitrogens with zero attached hydrogens (tertiary/aromatic N) is 1. The highest BCUT2D eigenvalue weighted by atomic mass is 16.4. The summed E-state index contributed by atoms with van der Waals surface area (Å²) in [5.74, 6) is 4.74. The number of nitrogen functional groups attached to an aromatic ring is 1. The number of hydrazine groups is 1. The van der Waals surface area contributed by atoms with Crippen LogP contribution in [0.3, 0.4) is 0 Å². The van der Waals surface area contributed by atoms with Gasteiger partial charge in [0.1, 0.15) is 5.76 Å². The van der Waals surface area contributed by atoms with Crippen LogP contribution in [0.15, 0.2) is 44.0 Å². The molecule has 0 saturated heterocycles. The number of aromatic nitrogens is 1. The molecule has 0 saturated carbocycles. The predicted molar refractivity (Wildman–Crippen MR) is 74.7 cm³/mol. The fraction of sp³-hybridized carbons (Fsp3) is 0.143. The largest absolute Gasteiger partial charge is 0.456 e. The lowest BCUT2D eigenvalue weighted by molar-refractivity contribution is 0.0924. The molecule has 1 aromatic carbocycles. The molecule has 7 nitrogen and oxygen atoms in total. The van der Waals surface area contributed by atoms with E-state index < -0.39 is 11.7 Å². The van der Waals surface area contributed by atoms with E-state index in [0.29, 0.717) is 22.4 Å². The van der Waals surface area contributed by atoms with E-state index in [1.54, 1.807) is 31.2 Å². The highest BCUT2D eigenvalue weighted by molar-refractivity contribution is 5.91. The highest BCUT2D eigenvalue weighted by Gasteiger charge is 2.16. The van der Waals surface area contributed by atoms with Crippen molar-refractivity contribution in [3.63, 3.8) is 0 Å². The summed E-state index contributed by atoms with van der Waals surface area (Å²) in [6, 6.07) is 8.70. The Kier molecular flexibility index (Phi) is 3.11. The third kappa shape index (κ3) is 2.23. The molecule has 0 unspecified atom stereocenters. The van der Waals surface area contributed by atoms with Crippen LogP contribution in [0.2, 0.25) is 0 Å². The molecule has 0 aliphatic rings. The molecule has 0 aliphatic heterocycles. The zero-order valence-corrected chi connectivity index (χ0v) is 11.3. The number of hydrogen-bond donors (Lipinski definition) is 2. The molecule has 3 aromatic rings. The average Bonchev–Trinajstić information content (AvgIpc) is 3.00. The number of furan rings is 1. The summed E-state index contributed by atoms with van der Waals surface area (Å²) >= 11 is 0. The molecule has 0 bridgehead atoms. The fourth-order valence-corrected chi connectivity index (χ4v) is 2.19. The number of carbonyl (C=O) groups is 1. The van der Waals surface area contributed by atoms with Crippen LogP contribution in [-0.4, -0.2) is 10.5 Å². The van der Waals surface area contributed by atoms with Crippen LogP contribution in [0.5, 0.6) is 0 Å². The maximum atomic E-state index is 11.9. The maximum Gasteiger partial charge on any atom is 0.420 e. The third-order valence-electron chi connectivity index (χ3n) is 3.28. The lowest BCUT2D eigenvalue weighted by Crippen LogP contribution is -2.29. The molecule has 3 N–H and O–H groups in total. The zero-order chi connectivity index (χ0) is 15.0. The van der Waals surface area contributed by atoms with Gasteiger partial charge in [-0.2, -0.15) is 0 Å². The molecule has 0 radical (unpaired) electrons. The topological polar surface area (TPSA) is 103 Å². The van der Waals surface area contributed by atoms with E-state index in [2.05, 4.69) is 0 Å². The summed E-state index contributed by atoms with van der Waals surface area (Å²) in [5.41, 5.74) is 3.92. The minimum absolute atomic E-state index is 0.103. The Morgan fingerprint density at radius 1 is 1.33 bits per heavy atom. The second kappa shape index (κ2) is 4.95. The van der Waals surface area contributed by atoms with Crippen LogP contribution in [-0.2, 0) is 6.54 Å². The molecule has 2 heterocycles. The van der Waals surface area contributed by atoms with Gasteiger partial charge in [-0.1, -0.05) is 12.1 Å². The summed E-state index contributed by atoms with van der Waals surface area (Å²) in [6.07, 6.45) is 0. The van der Waals surface area contributed by atoms with E-state index in [9.17, 15) is 9.59 Å². The number of nitrogens with one attached hydrogen (secondary N) is 1. The van der Waals surface area contributed by atoms with Crippen molar-refractivity contribution in [2.75, 3.05) is 0 Å². The van der Waals surface area contributed by atoms with Gasteiger partial charge in [-0.05, 0) is 25.1 Å². The van der Waals surface area contributed by atoms with Crippen LogP contribution in [0, 0.1) is 6.92 Å². The van der Waals surface area contributed by atoms with E-state index in [1.807, 2.05) is 11.5 Å². The first-order valence-corrected chi connectivity index (χ1v) is 6.29. The Labute approximate surface area is 118 Å². The van der Waals surface area contributed by atoms with Crippen molar-refractivity contribution in [3.05, 3.63) is 58.0 Å². The van der Waals surface area contributed by atoms with Crippen LogP contribution >= 0.6 is 0 Å². The van der Waals surface area contributed by atoms with E-state index in [1.165, 1.54) is 4.57 Å². The zero-order valence-electron chi connectivity index (χ0n) is 11.3. The number of fused-ring (bicyclic) bond motifs is 1. The molecule has 7 heteroatoms. The molecule has 0 fully saturated rings. The first-order valence-electron chi connectivity index (χ1n) is 6.29. The Balaban J connectivity index is 2.03. The van der Waals surface area contributed by atoms with E-state index in [0.717, 1.165) is 0 Å². The number of amides is 1. The summed E-state index contributed by atoms with van der Waals surface area (Å²) in [4.78, 5) is 23.4. The van der Waals surface area contributed by atoms with Gasteiger partial charge in [0, 0.05) is 5.56 Å². The number of nitrogens with two attached hydrogens (primary N) is 1. The molecule has 1 amide bonds. The number of carbonyl (C=O) groups excluding carboxylic acids is 1. The lowest BCUT2D eigenvalue weighted by atomic mass is 10.2. The second-order valence-electron chi connectivity index (χ2n) is 4.59. The number of oxazole rings is 1. The van der Waals surface area contributed by atoms with Crippen molar-refractivity contribution in [2.24, 2.45) is 5.84 Å². The van der Waals surface area contributed by atoms with Gasteiger partial charge in [0.15, 0.2) is 11.3 Å². The van der Waals surface area contributed by atoms with Gasteiger partial charge in [0.2, 0.25) is 0 Å². The molecule has 0 aliphatic carbocycles. The molecule has 21 heavy (non-hydrogen) atoms. The molecule has 0 spiro atoms. The minimum atomic E-state index is -0.520. The summed E-state index contributed by atoms with van der Waals surface area (Å²) in [7, 11) is 0. The smallest absolute Gasteiger partial charge is 0.420 e. The first-order chi connectivity index (χ1) is 10.1. The average molecular weight is 287 g/mol. The number of benzene rings is 1. The molecule has 108 valence electrons. The normalized spacial score (nSPS) is 11.0. The van der Waals surface area contributed by atoms with Gasteiger partial charge >= 0.3 is 11.7 Å². The van der Waals surface area contributed by atoms with Crippen molar-refractivity contribution in [2.45, 2.75) is 13.5 Å². The van der Waals surface area contributed by atoms with Crippen molar-refractivity contribution >= 4 is 17.0 Å². The van der Waals surface area contributed by atoms with E-state index in [-0.39, 0.29) is 12.3 Å². The number of para-hydroxylation sites is 2. The third-order valence-corrected chi connectivity index (χ3v) is 3.28. The SMILES string of the molecule is Cc1oc(C(=O)NN)cc1Cn1c(=O)oc2ccccc21. The standard InChI is InChI=1S/C14H13N3O4/c1-8-9(6-12(20-8)13(18)16-15)7-17-10-4-2-3-5-11(10)21-14(17)19/h2-6H,7,15H2,1H3,(H,16,18). The van der Waals surface area contributed by atoms with Crippen LogP contribution in [0.25, 0.3) is 11.1 Å². The monoisotopic (exact) mass is 287 g/mol. The van der Waals surface area contributed by atoms with Crippen molar-refractivity contribution in [1.82, 2.24) is 9.99 Å². The highest BCUT2D eigenvalue weighted by Crippen LogP contribution is 2.18.